The van der Waals surface area contributed by atoms with Crippen molar-refractivity contribution in [3.05, 3.63) is 48.0 Å². The molecule has 148 valence electrons. The number of aryl methyl sites for hydroxylation is 1. The highest BCUT2D eigenvalue weighted by atomic mass is 16.5. The van der Waals surface area contributed by atoms with E-state index in [0.29, 0.717) is 34.6 Å². The summed E-state index contributed by atoms with van der Waals surface area (Å²) in [4.78, 5) is 8.71. The molecule has 4 rings (SSSR count). The average molecular weight is 391 g/mol. The average Bonchev–Trinajstić information content (AvgIpc) is 3.14. The summed E-state index contributed by atoms with van der Waals surface area (Å²) in [6, 6.07) is 8.72. The van der Waals surface area contributed by atoms with Gasteiger partial charge in [-0.25, -0.2) is 4.68 Å². The Labute approximate surface area is 168 Å². The second kappa shape index (κ2) is 8.19. The van der Waals surface area contributed by atoms with Crippen LogP contribution in [0.5, 0.6) is 23.3 Å². The summed E-state index contributed by atoms with van der Waals surface area (Å²) in [6.07, 6.45) is 8.57. The molecule has 8 nitrogen and oxygen atoms in total. The molecule has 8 heteroatoms. The lowest BCUT2D eigenvalue weighted by atomic mass is 9.98. The second-order valence-electron chi connectivity index (χ2n) is 7.01. The first-order chi connectivity index (χ1) is 14.1. The van der Waals surface area contributed by atoms with Gasteiger partial charge in [0.15, 0.2) is 11.5 Å². The largest absolute Gasteiger partial charge is 0.505 e. The first-order valence-electron chi connectivity index (χ1n) is 9.59. The van der Waals surface area contributed by atoms with Crippen molar-refractivity contribution in [2.45, 2.75) is 45.1 Å². The quantitative estimate of drug-likeness (QED) is 0.699. The Morgan fingerprint density at radius 1 is 1.14 bits per heavy atom. The van der Waals surface area contributed by atoms with Gasteiger partial charge in [0, 0.05) is 6.07 Å². The molecule has 1 aliphatic rings. The van der Waals surface area contributed by atoms with E-state index in [1.165, 1.54) is 36.3 Å². The fourth-order valence-electron chi connectivity index (χ4n) is 3.39. The van der Waals surface area contributed by atoms with Gasteiger partial charge in [-0.05, 0) is 44.7 Å². The minimum absolute atomic E-state index is 0.0290. The number of hydrogen-bond donors (Lipinski definition) is 1. The van der Waals surface area contributed by atoms with Crippen molar-refractivity contribution in [3.8, 4) is 35.0 Å². The number of nitrogens with zero attached hydrogens (tertiary/aromatic N) is 5. The van der Waals surface area contributed by atoms with Gasteiger partial charge in [0.2, 0.25) is 11.8 Å². The van der Waals surface area contributed by atoms with Gasteiger partial charge in [-0.2, -0.15) is 20.3 Å². The summed E-state index contributed by atoms with van der Waals surface area (Å²) in [7, 11) is 0. The van der Waals surface area contributed by atoms with E-state index >= 15 is 0 Å². The van der Waals surface area contributed by atoms with Gasteiger partial charge in [-0.15, -0.1) is 0 Å². The van der Waals surface area contributed by atoms with Crippen molar-refractivity contribution in [1.29, 1.82) is 5.26 Å². The van der Waals surface area contributed by atoms with Crippen molar-refractivity contribution in [1.82, 2.24) is 19.7 Å². The smallest absolute Gasteiger partial charge is 0.226 e. The van der Waals surface area contributed by atoms with Gasteiger partial charge < -0.3 is 14.6 Å². The molecule has 2 aromatic heterocycles. The van der Waals surface area contributed by atoms with Crippen LogP contribution in [0.3, 0.4) is 0 Å². The molecule has 1 saturated carbocycles. The minimum atomic E-state index is 0.0290. The molecule has 3 aromatic rings. The number of nitriles is 1. The highest BCUT2D eigenvalue weighted by molar-refractivity contribution is 5.52. The number of benzene rings is 1. The topological polar surface area (TPSA) is 106 Å². The molecule has 0 radical (unpaired) electrons. The molecule has 0 spiro atoms. The fraction of sp³-hybridized carbons (Fsp3) is 0.333. The highest BCUT2D eigenvalue weighted by Gasteiger charge is 2.17. The predicted octanol–water partition coefficient (Wildman–Crippen LogP) is 4.05. The third kappa shape index (κ3) is 4.46. The third-order valence-corrected chi connectivity index (χ3v) is 4.75. The van der Waals surface area contributed by atoms with Crippen LogP contribution in [0.1, 0.15) is 43.5 Å². The number of hydrogen-bond acceptors (Lipinski definition) is 7. The maximum Gasteiger partial charge on any atom is 0.226 e. The van der Waals surface area contributed by atoms with Crippen LogP contribution >= 0.6 is 0 Å². The summed E-state index contributed by atoms with van der Waals surface area (Å²) in [5.74, 6) is 1.74. The van der Waals surface area contributed by atoms with Crippen LogP contribution in [0.15, 0.2) is 36.7 Å². The Balaban J connectivity index is 1.64. The third-order valence-electron chi connectivity index (χ3n) is 4.75. The molecule has 1 N–H and O–H groups in total. The summed E-state index contributed by atoms with van der Waals surface area (Å²) >= 11 is 0. The molecule has 0 amide bonds. The van der Waals surface area contributed by atoms with E-state index in [-0.39, 0.29) is 11.9 Å². The van der Waals surface area contributed by atoms with Crippen molar-refractivity contribution in [2.24, 2.45) is 0 Å². The summed E-state index contributed by atoms with van der Waals surface area (Å²) in [5, 5.41) is 23.0. The lowest BCUT2D eigenvalue weighted by molar-refractivity contribution is 0.147. The molecular formula is C21H21N5O3. The molecule has 1 aliphatic carbocycles. The first-order valence-corrected chi connectivity index (χ1v) is 9.59. The molecule has 0 bridgehead atoms. The molecule has 0 saturated heterocycles. The first kappa shape index (κ1) is 18.7. The second-order valence-corrected chi connectivity index (χ2v) is 7.01. The van der Waals surface area contributed by atoms with Crippen LogP contribution in [-0.2, 0) is 0 Å². The van der Waals surface area contributed by atoms with Crippen LogP contribution in [0.25, 0.3) is 5.69 Å². The maximum atomic E-state index is 9.61. The minimum Gasteiger partial charge on any atom is -0.505 e. The van der Waals surface area contributed by atoms with Gasteiger partial charge in [0.05, 0.1) is 30.1 Å². The van der Waals surface area contributed by atoms with Gasteiger partial charge >= 0.3 is 0 Å². The van der Waals surface area contributed by atoms with E-state index in [2.05, 4.69) is 21.1 Å². The lowest BCUT2D eigenvalue weighted by Gasteiger charge is -2.22. The Kier molecular flexibility index (Phi) is 5.29. The number of rotatable bonds is 5. The molecule has 0 atom stereocenters. The highest BCUT2D eigenvalue weighted by Crippen LogP contribution is 2.31. The predicted molar refractivity (Wildman–Crippen MR) is 104 cm³/mol. The van der Waals surface area contributed by atoms with E-state index in [1.807, 2.05) is 0 Å². The van der Waals surface area contributed by atoms with E-state index in [4.69, 9.17) is 9.47 Å². The normalized spacial score (nSPS) is 14.3. The monoisotopic (exact) mass is 391 g/mol. The van der Waals surface area contributed by atoms with Crippen molar-refractivity contribution in [3.63, 3.8) is 0 Å². The Bertz CT molecular complexity index is 1050. The molecule has 2 heterocycles. The van der Waals surface area contributed by atoms with Gasteiger partial charge in [0.25, 0.3) is 0 Å². The Morgan fingerprint density at radius 2 is 1.93 bits per heavy atom. The van der Waals surface area contributed by atoms with E-state index in [0.717, 1.165) is 12.8 Å². The Hall–Kier alpha value is -3.60. The molecular weight excluding hydrogens is 370 g/mol. The van der Waals surface area contributed by atoms with Crippen LogP contribution in [0, 0.1) is 18.3 Å². The van der Waals surface area contributed by atoms with Crippen molar-refractivity contribution < 1.29 is 14.6 Å². The summed E-state index contributed by atoms with van der Waals surface area (Å²) in [5.41, 5.74) is 1.000. The van der Waals surface area contributed by atoms with Gasteiger partial charge in [0.1, 0.15) is 17.6 Å². The molecule has 29 heavy (non-hydrogen) atoms. The van der Waals surface area contributed by atoms with Crippen LogP contribution in [0.4, 0.5) is 0 Å². The van der Waals surface area contributed by atoms with E-state index in [1.54, 1.807) is 31.2 Å². The molecule has 1 aromatic carbocycles. The number of ether oxygens (including phenoxy) is 2. The van der Waals surface area contributed by atoms with E-state index < -0.39 is 0 Å². The van der Waals surface area contributed by atoms with Gasteiger partial charge in [-0.1, -0.05) is 6.42 Å². The molecule has 0 unspecified atom stereocenters. The maximum absolute atomic E-state index is 9.61. The van der Waals surface area contributed by atoms with Gasteiger partial charge in [-0.3, -0.25) is 0 Å². The SMILES string of the molecule is Cc1nc(Oc2cc(C#N)ccc2-n2cc(O)cn2)cc(OC2CCCCC2)n1. The Morgan fingerprint density at radius 3 is 2.66 bits per heavy atom. The fourth-order valence-corrected chi connectivity index (χ4v) is 3.39. The summed E-state index contributed by atoms with van der Waals surface area (Å²) < 4.78 is 13.5. The van der Waals surface area contributed by atoms with Crippen molar-refractivity contribution in [2.75, 3.05) is 0 Å². The molecule has 1 fully saturated rings. The standard InChI is InChI=1S/C21H21N5O3/c1-14-24-20(28-17-5-3-2-4-6-17)10-21(25-14)29-19-9-15(11-22)7-8-18(19)26-13-16(27)12-23-26/h7-10,12-13,17,27H,2-6H2,1H3. The van der Waals surface area contributed by atoms with Crippen LogP contribution in [-0.4, -0.2) is 31.0 Å². The van der Waals surface area contributed by atoms with E-state index in [9.17, 15) is 10.4 Å². The van der Waals surface area contributed by atoms with Crippen LogP contribution < -0.4 is 9.47 Å². The zero-order valence-corrected chi connectivity index (χ0v) is 16.1. The zero-order valence-electron chi connectivity index (χ0n) is 16.1. The number of aromatic hydroxyl groups is 1. The van der Waals surface area contributed by atoms with Crippen LogP contribution in [0.2, 0.25) is 0 Å². The number of aromatic nitrogens is 4. The van der Waals surface area contributed by atoms with Crippen molar-refractivity contribution >= 4 is 0 Å². The zero-order chi connectivity index (χ0) is 20.2. The lowest BCUT2D eigenvalue weighted by Crippen LogP contribution is -2.20. The summed E-state index contributed by atoms with van der Waals surface area (Å²) in [6.45, 7) is 1.78. The molecule has 0 aliphatic heterocycles.